The van der Waals surface area contributed by atoms with E-state index in [4.69, 9.17) is 9.47 Å². The molecule has 2 N–H and O–H groups in total. The number of benzene rings is 1. The van der Waals surface area contributed by atoms with Gasteiger partial charge >= 0.3 is 0 Å². The van der Waals surface area contributed by atoms with Crippen molar-refractivity contribution < 1.29 is 14.3 Å². The highest BCUT2D eigenvalue weighted by atomic mass is 16.5. The fraction of sp³-hybridized carbons (Fsp3) is 0.222. The zero-order chi connectivity index (χ0) is 18.9. The van der Waals surface area contributed by atoms with Gasteiger partial charge in [0.25, 0.3) is 5.91 Å². The summed E-state index contributed by atoms with van der Waals surface area (Å²) >= 11 is 0. The first-order valence-corrected chi connectivity index (χ1v) is 8.36. The zero-order valence-corrected chi connectivity index (χ0v) is 14.8. The van der Waals surface area contributed by atoms with Crippen molar-refractivity contribution in [2.45, 2.75) is 0 Å². The second-order valence-electron chi connectivity index (χ2n) is 5.47. The lowest BCUT2D eigenvalue weighted by Gasteiger charge is -2.09. The van der Waals surface area contributed by atoms with Crippen LogP contribution in [0.2, 0.25) is 0 Å². The van der Waals surface area contributed by atoms with Crippen molar-refractivity contribution in [1.82, 2.24) is 25.3 Å². The van der Waals surface area contributed by atoms with Crippen LogP contribution in [0.3, 0.4) is 0 Å². The summed E-state index contributed by atoms with van der Waals surface area (Å²) in [4.78, 5) is 11.8. The van der Waals surface area contributed by atoms with Gasteiger partial charge in [0.15, 0.2) is 12.4 Å². The van der Waals surface area contributed by atoms with Gasteiger partial charge in [-0.3, -0.25) is 4.79 Å². The van der Waals surface area contributed by atoms with Crippen LogP contribution >= 0.6 is 0 Å². The summed E-state index contributed by atoms with van der Waals surface area (Å²) in [7, 11) is 1.59. The molecule has 0 saturated heterocycles. The van der Waals surface area contributed by atoms with E-state index in [1.807, 2.05) is 12.1 Å². The second kappa shape index (κ2) is 9.18. The average Bonchev–Trinajstić information content (AvgIpc) is 3.25. The summed E-state index contributed by atoms with van der Waals surface area (Å²) in [5, 5.41) is 18.1. The van der Waals surface area contributed by atoms with E-state index in [2.05, 4.69) is 25.9 Å². The van der Waals surface area contributed by atoms with Gasteiger partial charge in [-0.25, -0.2) is 4.68 Å². The molecular formula is C18H20N6O3. The monoisotopic (exact) mass is 368 g/mol. The molecule has 0 saturated carbocycles. The van der Waals surface area contributed by atoms with Crippen molar-refractivity contribution in [2.24, 2.45) is 0 Å². The molecule has 9 heteroatoms. The lowest BCUT2D eigenvalue weighted by molar-refractivity contribution is -0.123. The summed E-state index contributed by atoms with van der Waals surface area (Å²) in [6, 6.07) is 12.5. The Morgan fingerprint density at radius 2 is 1.89 bits per heavy atom. The number of methoxy groups -OCH3 is 1. The number of rotatable bonds is 9. The maximum atomic E-state index is 11.8. The highest BCUT2D eigenvalue weighted by Gasteiger charge is 2.03. The van der Waals surface area contributed by atoms with Crippen molar-refractivity contribution in [2.75, 3.05) is 32.1 Å². The number of amides is 1. The number of nitrogens with one attached hydrogen (secondary N) is 2. The number of carbonyl (C=O) groups is 1. The van der Waals surface area contributed by atoms with Crippen LogP contribution in [-0.2, 0) is 4.79 Å². The second-order valence-corrected chi connectivity index (χ2v) is 5.47. The predicted molar refractivity (Wildman–Crippen MR) is 99.1 cm³/mol. The molecule has 0 radical (unpaired) electrons. The molecule has 0 atom stereocenters. The molecule has 3 aromatic rings. The van der Waals surface area contributed by atoms with Crippen molar-refractivity contribution in [3.8, 4) is 17.3 Å². The minimum Gasteiger partial charge on any atom is -0.497 e. The summed E-state index contributed by atoms with van der Waals surface area (Å²) in [5.74, 6) is 2.40. The molecule has 9 nitrogen and oxygen atoms in total. The van der Waals surface area contributed by atoms with Crippen LogP contribution in [0, 0.1) is 0 Å². The third kappa shape index (κ3) is 5.43. The Hall–Kier alpha value is -3.62. The molecule has 2 heterocycles. The summed E-state index contributed by atoms with van der Waals surface area (Å²) in [5.41, 5.74) is 0. The van der Waals surface area contributed by atoms with Gasteiger partial charge in [0.2, 0.25) is 0 Å². The molecule has 0 fully saturated rings. The summed E-state index contributed by atoms with van der Waals surface area (Å²) < 4.78 is 12.1. The van der Waals surface area contributed by atoms with Crippen LogP contribution in [0.5, 0.6) is 11.5 Å². The Kier molecular flexibility index (Phi) is 6.18. The Bertz CT molecular complexity index is 835. The minimum atomic E-state index is -0.201. The molecule has 0 bridgehead atoms. The van der Waals surface area contributed by atoms with Gasteiger partial charge in [0.1, 0.15) is 17.3 Å². The summed E-state index contributed by atoms with van der Waals surface area (Å²) in [6.45, 7) is 0.905. The molecule has 0 spiro atoms. The predicted octanol–water partition coefficient (Wildman–Crippen LogP) is 1.28. The molecule has 0 unspecified atom stereocenters. The number of aromatic nitrogens is 4. The van der Waals surface area contributed by atoms with Crippen LogP contribution in [0.1, 0.15) is 0 Å². The quantitative estimate of drug-likeness (QED) is 0.548. The Labute approximate surface area is 156 Å². The number of anilines is 1. The molecule has 0 aliphatic heterocycles. The number of hydrogen-bond acceptors (Lipinski definition) is 7. The smallest absolute Gasteiger partial charge is 0.258 e. The Morgan fingerprint density at radius 1 is 1.07 bits per heavy atom. The molecule has 27 heavy (non-hydrogen) atoms. The first-order chi connectivity index (χ1) is 13.2. The maximum Gasteiger partial charge on any atom is 0.258 e. The first-order valence-electron chi connectivity index (χ1n) is 8.36. The van der Waals surface area contributed by atoms with E-state index < -0.39 is 0 Å². The van der Waals surface area contributed by atoms with E-state index in [1.54, 1.807) is 54.5 Å². The molecule has 3 rings (SSSR count). The highest BCUT2D eigenvalue weighted by molar-refractivity contribution is 5.77. The van der Waals surface area contributed by atoms with Crippen LogP contribution in [0.25, 0.3) is 5.82 Å². The largest absolute Gasteiger partial charge is 0.497 e. The molecular weight excluding hydrogens is 348 g/mol. The van der Waals surface area contributed by atoms with Gasteiger partial charge in [0.05, 0.1) is 7.11 Å². The van der Waals surface area contributed by atoms with E-state index in [0.717, 1.165) is 5.75 Å². The zero-order valence-electron chi connectivity index (χ0n) is 14.8. The number of hydrogen-bond donors (Lipinski definition) is 2. The Balaban J connectivity index is 1.34. The van der Waals surface area contributed by atoms with Gasteiger partial charge < -0.3 is 20.1 Å². The van der Waals surface area contributed by atoms with Crippen LogP contribution < -0.4 is 20.1 Å². The van der Waals surface area contributed by atoms with Crippen LogP contribution in [0.4, 0.5) is 5.82 Å². The molecule has 1 aromatic carbocycles. The molecule has 140 valence electrons. The molecule has 0 aliphatic rings. The van der Waals surface area contributed by atoms with E-state index in [-0.39, 0.29) is 12.5 Å². The topological polar surface area (TPSA) is 103 Å². The number of ether oxygens (including phenoxy) is 2. The average molecular weight is 368 g/mol. The van der Waals surface area contributed by atoms with Gasteiger partial charge in [-0.05, 0) is 42.5 Å². The van der Waals surface area contributed by atoms with E-state index >= 15 is 0 Å². The van der Waals surface area contributed by atoms with E-state index in [9.17, 15) is 4.79 Å². The third-order valence-corrected chi connectivity index (χ3v) is 3.57. The van der Waals surface area contributed by atoms with Crippen molar-refractivity contribution in [1.29, 1.82) is 0 Å². The molecule has 1 amide bonds. The minimum absolute atomic E-state index is 0.0509. The SMILES string of the molecule is COc1ccc(OCC(=O)NCCNc2ccc(-n3cccn3)nn2)cc1. The highest BCUT2D eigenvalue weighted by Crippen LogP contribution is 2.16. The van der Waals surface area contributed by atoms with E-state index in [1.165, 1.54) is 0 Å². The molecule has 2 aromatic heterocycles. The first kappa shape index (κ1) is 18.2. The fourth-order valence-corrected chi connectivity index (χ4v) is 2.21. The summed E-state index contributed by atoms with van der Waals surface area (Å²) in [6.07, 6.45) is 3.47. The van der Waals surface area contributed by atoms with Crippen molar-refractivity contribution in [3.05, 3.63) is 54.9 Å². The maximum absolute atomic E-state index is 11.8. The van der Waals surface area contributed by atoms with Crippen LogP contribution in [-0.4, -0.2) is 52.7 Å². The standard InChI is InChI=1S/C18H20N6O3/c1-26-14-3-5-15(6-4-14)27-13-18(25)20-11-10-19-16-7-8-17(23-22-16)24-12-2-9-21-24/h2-9,12H,10-11,13H2,1H3,(H,19,22)(H,20,25). The fourth-order valence-electron chi connectivity index (χ4n) is 2.21. The molecule has 0 aliphatic carbocycles. The van der Waals surface area contributed by atoms with Gasteiger partial charge in [-0.2, -0.15) is 5.10 Å². The van der Waals surface area contributed by atoms with Gasteiger partial charge in [-0.15, -0.1) is 10.2 Å². The van der Waals surface area contributed by atoms with Gasteiger partial charge in [0, 0.05) is 25.5 Å². The lowest BCUT2D eigenvalue weighted by atomic mass is 10.3. The lowest BCUT2D eigenvalue weighted by Crippen LogP contribution is -2.32. The number of carbonyl (C=O) groups excluding carboxylic acids is 1. The Morgan fingerprint density at radius 3 is 2.56 bits per heavy atom. The van der Waals surface area contributed by atoms with Crippen molar-refractivity contribution >= 4 is 11.7 Å². The van der Waals surface area contributed by atoms with Crippen molar-refractivity contribution in [3.63, 3.8) is 0 Å². The van der Waals surface area contributed by atoms with Gasteiger partial charge in [-0.1, -0.05) is 0 Å². The van der Waals surface area contributed by atoms with Crippen LogP contribution in [0.15, 0.2) is 54.9 Å². The van der Waals surface area contributed by atoms with E-state index in [0.29, 0.717) is 30.5 Å². The normalized spacial score (nSPS) is 10.3. The third-order valence-electron chi connectivity index (χ3n) is 3.57. The number of nitrogens with zero attached hydrogens (tertiary/aromatic N) is 4.